The molecule has 0 amide bonds. The second-order valence-corrected chi connectivity index (χ2v) is 3.38. The summed E-state index contributed by atoms with van der Waals surface area (Å²) >= 11 is 0. The van der Waals surface area contributed by atoms with E-state index in [0.29, 0.717) is 5.56 Å². The first-order valence-corrected chi connectivity index (χ1v) is 5.76. The average Bonchev–Trinajstić information content (AvgIpc) is 2.37. The fourth-order valence-electron chi connectivity index (χ4n) is 1.35. The number of rotatable bonds is 4. The number of hydrogen-bond acceptors (Lipinski definition) is 4. The summed E-state index contributed by atoms with van der Waals surface area (Å²) in [5.74, 6) is -0.975. The van der Waals surface area contributed by atoms with E-state index in [1.165, 1.54) is 18.2 Å². The zero-order valence-corrected chi connectivity index (χ0v) is 11.3. The number of ether oxygens (including phenoxy) is 2. The highest BCUT2D eigenvalue weighted by Gasteiger charge is 2.19. The first kappa shape index (κ1) is 17.3. The van der Waals surface area contributed by atoms with Crippen molar-refractivity contribution in [2.75, 3.05) is 7.11 Å². The van der Waals surface area contributed by atoms with Crippen molar-refractivity contribution in [3.05, 3.63) is 29.3 Å². The molecule has 0 heterocycles. The second kappa shape index (κ2) is 8.42. The van der Waals surface area contributed by atoms with Gasteiger partial charge in [-0.3, -0.25) is 0 Å². The lowest BCUT2D eigenvalue weighted by Crippen LogP contribution is -2.14. The van der Waals surface area contributed by atoms with E-state index in [0.717, 1.165) is 7.11 Å². The summed E-state index contributed by atoms with van der Waals surface area (Å²) in [4.78, 5) is 11.1. The summed E-state index contributed by atoms with van der Waals surface area (Å²) in [6.07, 6.45) is -1.51. The van der Waals surface area contributed by atoms with Gasteiger partial charge in [-0.25, -0.2) is 4.79 Å². The van der Waals surface area contributed by atoms with Gasteiger partial charge in [0.1, 0.15) is 5.75 Å². The molecule has 19 heavy (non-hydrogen) atoms. The monoisotopic (exact) mass is 276 g/mol. The Kier molecular flexibility index (Phi) is 7.67. The predicted molar refractivity (Wildman–Crippen MR) is 66.1 cm³/mol. The van der Waals surface area contributed by atoms with Gasteiger partial charge >= 0.3 is 12.6 Å². The lowest BCUT2D eigenvalue weighted by Gasteiger charge is -2.12. The first-order chi connectivity index (χ1) is 8.93. The van der Waals surface area contributed by atoms with Crippen molar-refractivity contribution < 1.29 is 28.2 Å². The number of benzene rings is 1. The molecule has 4 nitrogen and oxygen atoms in total. The maximum atomic E-state index is 12.0. The summed E-state index contributed by atoms with van der Waals surface area (Å²) in [5.41, 5.74) is 0.730. The van der Waals surface area contributed by atoms with Crippen LogP contribution in [0.5, 0.6) is 5.75 Å². The summed E-state index contributed by atoms with van der Waals surface area (Å²) in [6.45, 7) is 2.67. The smallest absolute Gasteiger partial charge is 0.387 e. The number of alkyl halides is 2. The fourth-order valence-corrected chi connectivity index (χ4v) is 1.35. The lowest BCUT2D eigenvalue weighted by atomic mass is 10.1. The van der Waals surface area contributed by atoms with E-state index in [1.807, 2.05) is 13.8 Å². The highest BCUT2D eigenvalue weighted by molar-refractivity contribution is 5.76. The Morgan fingerprint density at radius 3 is 2.32 bits per heavy atom. The summed E-state index contributed by atoms with van der Waals surface area (Å²) < 4.78 is 32.6. The molecule has 0 saturated carbocycles. The maximum absolute atomic E-state index is 12.0. The van der Waals surface area contributed by atoms with Crippen molar-refractivity contribution in [2.24, 2.45) is 0 Å². The highest BCUT2D eigenvalue weighted by Crippen LogP contribution is 2.23. The lowest BCUT2D eigenvalue weighted by molar-refractivity contribution is -0.150. The molecule has 0 aliphatic heterocycles. The number of aliphatic hydroxyl groups is 1. The molecule has 108 valence electrons. The highest BCUT2D eigenvalue weighted by atomic mass is 19.3. The molecular formula is C13H18F2O4. The van der Waals surface area contributed by atoms with Crippen molar-refractivity contribution >= 4 is 5.97 Å². The number of hydrogen-bond donors (Lipinski definition) is 1. The molecule has 1 rings (SSSR count). The van der Waals surface area contributed by atoms with Crippen LogP contribution in [0.3, 0.4) is 0 Å². The zero-order chi connectivity index (χ0) is 15.0. The minimum absolute atomic E-state index is 0.113. The minimum atomic E-state index is -2.96. The second-order valence-electron chi connectivity index (χ2n) is 3.38. The van der Waals surface area contributed by atoms with Crippen LogP contribution in [0.25, 0.3) is 0 Å². The molecule has 6 heteroatoms. The Morgan fingerprint density at radius 1 is 1.26 bits per heavy atom. The van der Waals surface area contributed by atoms with Gasteiger partial charge in [0.2, 0.25) is 0 Å². The topological polar surface area (TPSA) is 55.8 Å². The molecule has 0 bridgehead atoms. The van der Waals surface area contributed by atoms with E-state index >= 15 is 0 Å². The van der Waals surface area contributed by atoms with E-state index in [-0.39, 0.29) is 11.3 Å². The summed E-state index contributed by atoms with van der Waals surface area (Å²) in [6, 6.07) is 4.03. The third kappa shape index (κ3) is 5.65. The number of aliphatic hydroxyl groups excluding tert-OH is 1. The van der Waals surface area contributed by atoms with E-state index in [4.69, 9.17) is 0 Å². The zero-order valence-electron chi connectivity index (χ0n) is 11.3. The molecule has 1 aromatic carbocycles. The predicted octanol–water partition coefficient (Wildman–Crippen LogP) is 2.83. The van der Waals surface area contributed by atoms with Gasteiger partial charge < -0.3 is 14.6 Å². The molecular weight excluding hydrogens is 258 g/mol. The molecule has 0 aliphatic carbocycles. The van der Waals surface area contributed by atoms with Crippen LogP contribution in [0.2, 0.25) is 0 Å². The minimum Gasteiger partial charge on any atom is -0.467 e. The molecule has 1 aromatic rings. The normalized spacial score (nSPS) is 11.4. The number of carbonyl (C=O) groups is 1. The van der Waals surface area contributed by atoms with Crippen LogP contribution in [0.1, 0.15) is 31.1 Å². The van der Waals surface area contributed by atoms with Crippen LogP contribution < -0.4 is 4.74 Å². The van der Waals surface area contributed by atoms with E-state index in [1.54, 1.807) is 6.92 Å². The van der Waals surface area contributed by atoms with Crippen LogP contribution in [0.4, 0.5) is 8.78 Å². The maximum Gasteiger partial charge on any atom is 0.387 e. The van der Waals surface area contributed by atoms with Crippen LogP contribution in [-0.2, 0) is 9.53 Å². The van der Waals surface area contributed by atoms with E-state index in [9.17, 15) is 18.7 Å². The molecule has 0 spiro atoms. The summed E-state index contributed by atoms with van der Waals surface area (Å²) in [5, 5.41) is 9.55. The van der Waals surface area contributed by atoms with Gasteiger partial charge in [-0.15, -0.1) is 0 Å². The molecule has 0 aromatic heterocycles. The Balaban J connectivity index is 0.00000154. The van der Waals surface area contributed by atoms with E-state index < -0.39 is 18.7 Å². The SMILES string of the molecule is CC.COC(=O)C(O)c1cc(C)cc(OC(F)F)c1. The van der Waals surface area contributed by atoms with Gasteiger partial charge in [0.05, 0.1) is 7.11 Å². The van der Waals surface area contributed by atoms with Crippen LogP contribution in [-0.4, -0.2) is 24.8 Å². The Morgan fingerprint density at radius 2 is 1.84 bits per heavy atom. The quantitative estimate of drug-likeness (QED) is 0.859. The average molecular weight is 276 g/mol. The van der Waals surface area contributed by atoms with Gasteiger partial charge in [-0.2, -0.15) is 8.78 Å². The molecule has 0 radical (unpaired) electrons. The van der Waals surface area contributed by atoms with Gasteiger partial charge in [0.25, 0.3) is 0 Å². The van der Waals surface area contributed by atoms with Gasteiger partial charge in [0, 0.05) is 0 Å². The van der Waals surface area contributed by atoms with Gasteiger partial charge in [-0.05, 0) is 30.2 Å². The fraction of sp³-hybridized carbons (Fsp3) is 0.462. The third-order valence-electron chi connectivity index (χ3n) is 2.04. The number of aryl methyl sites for hydroxylation is 1. The van der Waals surface area contributed by atoms with Gasteiger partial charge in [0.15, 0.2) is 6.10 Å². The summed E-state index contributed by atoms with van der Waals surface area (Å²) in [7, 11) is 1.12. The van der Waals surface area contributed by atoms with Crippen LogP contribution >= 0.6 is 0 Å². The largest absolute Gasteiger partial charge is 0.467 e. The van der Waals surface area contributed by atoms with Crippen molar-refractivity contribution in [3.63, 3.8) is 0 Å². The van der Waals surface area contributed by atoms with E-state index in [2.05, 4.69) is 9.47 Å². The number of halogens is 2. The van der Waals surface area contributed by atoms with Crippen molar-refractivity contribution in [1.29, 1.82) is 0 Å². The third-order valence-corrected chi connectivity index (χ3v) is 2.04. The molecule has 1 unspecified atom stereocenters. The number of carbonyl (C=O) groups excluding carboxylic acids is 1. The number of esters is 1. The Bertz CT molecular complexity index is 408. The molecule has 1 atom stereocenters. The van der Waals surface area contributed by atoms with Crippen molar-refractivity contribution in [2.45, 2.75) is 33.5 Å². The Labute approximate surface area is 111 Å². The standard InChI is InChI=1S/C11H12F2O4.C2H6/c1-6-3-7(9(14)10(15)16-2)5-8(4-6)17-11(12)13;1-2/h3-5,9,11,14H,1-2H3;1-2H3. The van der Waals surface area contributed by atoms with Crippen LogP contribution in [0, 0.1) is 6.92 Å². The molecule has 1 N–H and O–H groups in total. The van der Waals surface area contributed by atoms with Crippen LogP contribution in [0.15, 0.2) is 18.2 Å². The Hall–Kier alpha value is -1.69. The van der Waals surface area contributed by atoms with Gasteiger partial charge in [-0.1, -0.05) is 19.9 Å². The van der Waals surface area contributed by atoms with Crippen molar-refractivity contribution in [1.82, 2.24) is 0 Å². The molecule has 0 saturated heterocycles. The first-order valence-electron chi connectivity index (χ1n) is 5.76. The molecule has 0 aliphatic rings. The molecule has 0 fully saturated rings. The van der Waals surface area contributed by atoms with Crippen molar-refractivity contribution in [3.8, 4) is 5.75 Å². The number of methoxy groups -OCH3 is 1.